The second kappa shape index (κ2) is 74.8. The SMILES string of the molecule is CCCCC/C=C\C/C=C\CCCCCCCC(=O)OC[C@H](COP(=O)(O)OC[C@@H](O)COP(=O)(O)OC[C@@H](COC(=O)CCCCCCCCCCCCCCCCC)OC(=O)CCCCCCCCCCCCCCCCC)OC(=O)CCCCCCCCCCCCCCCCC. The monoisotopic (exact) mass is 1460 g/mol. The van der Waals surface area contributed by atoms with Crippen molar-refractivity contribution in [3.8, 4) is 0 Å². The average molecular weight is 1460 g/mol. The predicted molar refractivity (Wildman–Crippen MR) is 409 cm³/mol. The number of esters is 4. The zero-order valence-corrected chi connectivity index (χ0v) is 66.5. The Balaban J connectivity index is 5.30. The fraction of sp³-hybridized carbons (Fsp3) is 0.901. The second-order valence-electron chi connectivity index (χ2n) is 28.4. The lowest BCUT2D eigenvalue weighted by Gasteiger charge is -2.21. The minimum Gasteiger partial charge on any atom is -0.462 e. The third-order valence-electron chi connectivity index (χ3n) is 18.4. The molecular weight excluding hydrogens is 1310 g/mol. The number of hydrogen-bond acceptors (Lipinski definition) is 15. The Morgan fingerprint density at radius 2 is 0.490 bits per heavy atom. The maximum atomic E-state index is 13.1. The smallest absolute Gasteiger partial charge is 0.462 e. The Hall–Kier alpha value is -2.46. The van der Waals surface area contributed by atoms with E-state index in [4.69, 9.17) is 37.0 Å². The van der Waals surface area contributed by atoms with Gasteiger partial charge in [0.2, 0.25) is 0 Å². The van der Waals surface area contributed by atoms with Crippen LogP contribution in [0.4, 0.5) is 0 Å². The first-order valence-corrected chi connectivity index (χ1v) is 44.6. The maximum absolute atomic E-state index is 13.1. The molecule has 0 aliphatic rings. The molecule has 0 aromatic heterocycles. The first-order valence-electron chi connectivity index (χ1n) is 41.6. The number of hydrogen-bond donors (Lipinski definition) is 3. The van der Waals surface area contributed by atoms with Gasteiger partial charge in [0.15, 0.2) is 12.2 Å². The van der Waals surface area contributed by atoms with Crippen LogP contribution in [0.2, 0.25) is 0 Å². The molecule has 0 heterocycles. The Labute approximate surface area is 612 Å². The standard InChI is InChI=1S/C81H154O17P2/c1-5-9-13-17-21-25-29-33-37-41-45-49-53-57-61-65-78(83)91-71-76(97-80(85)67-63-59-55-51-47-43-39-35-31-27-23-19-15-11-7-3)73-95-99(87,88)93-69-75(82)70-94-100(89,90)96-74-77(98-81(86)68-64-60-56-52-48-44-40-36-32-28-24-20-16-12-8-4)72-92-79(84)66-62-58-54-50-46-42-38-34-30-26-22-18-14-10-6-2/h21,25,33,37,75-77,82H,5-20,22-24,26-32,34-36,38-74H2,1-4H3,(H,87,88)(H,89,90)/b25-21-,37-33-/t75-,76-,77-/m1/s1. The number of aliphatic hydroxyl groups excluding tert-OH is 1. The number of ether oxygens (including phenoxy) is 4. The third-order valence-corrected chi connectivity index (χ3v) is 20.4. The van der Waals surface area contributed by atoms with Crippen LogP contribution in [0.3, 0.4) is 0 Å². The molecule has 0 saturated carbocycles. The second-order valence-corrected chi connectivity index (χ2v) is 31.4. The number of carbonyl (C=O) groups is 4. The summed E-state index contributed by atoms with van der Waals surface area (Å²) in [7, 11) is -9.93. The van der Waals surface area contributed by atoms with Crippen molar-refractivity contribution in [2.45, 2.75) is 431 Å². The summed E-state index contributed by atoms with van der Waals surface area (Å²) in [6.45, 7) is 4.97. The van der Waals surface area contributed by atoms with Crippen LogP contribution in [0.25, 0.3) is 0 Å². The molecule has 19 heteroatoms. The Morgan fingerprint density at radius 1 is 0.280 bits per heavy atom. The number of aliphatic hydroxyl groups is 1. The topological polar surface area (TPSA) is 237 Å². The summed E-state index contributed by atoms with van der Waals surface area (Å²) in [6, 6.07) is 0. The van der Waals surface area contributed by atoms with Gasteiger partial charge in [0.1, 0.15) is 19.3 Å². The van der Waals surface area contributed by atoms with E-state index in [1.165, 1.54) is 218 Å². The van der Waals surface area contributed by atoms with E-state index >= 15 is 0 Å². The molecule has 100 heavy (non-hydrogen) atoms. The molecule has 590 valence electrons. The summed E-state index contributed by atoms with van der Waals surface area (Å²) in [4.78, 5) is 73.1. The Bertz CT molecular complexity index is 1990. The van der Waals surface area contributed by atoms with E-state index in [0.717, 1.165) is 116 Å². The van der Waals surface area contributed by atoms with Crippen molar-refractivity contribution in [3.63, 3.8) is 0 Å². The van der Waals surface area contributed by atoms with Gasteiger partial charge in [0.25, 0.3) is 0 Å². The molecule has 0 aliphatic carbocycles. The van der Waals surface area contributed by atoms with Crippen LogP contribution in [0, 0.1) is 0 Å². The van der Waals surface area contributed by atoms with Crippen LogP contribution in [0.5, 0.6) is 0 Å². The molecule has 0 aliphatic heterocycles. The van der Waals surface area contributed by atoms with Gasteiger partial charge in [-0.25, -0.2) is 9.13 Å². The van der Waals surface area contributed by atoms with Crippen LogP contribution >= 0.6 is 15.6 Å². The number of rotatable bonds is 80. The lowest BCUT2D eigenvalue weighted by atomic mass is 10.0. The molecule has 0 spiro atoms. The molecule has 5 atom stereocenters. The third kappa shape index (κ3) is 73.8. The summed E-state index contributed by atoms with van der Waals surface area (Å²) in [5.41, 5.74) is 0. The highest BCUT2D eigenvalue weighted by Gasteiger charge is 2.30. The van der Waals surface area contributed by atoms with E-state index < -0.39 is 97.5 Å². The van der Waals surface area contributed by atoms with Crippen LogP contribution in [0.15, 0.2) is 24.3 Å². The van der Waals surface area contributed by atoms with Crippen molar-refractivity contribution < 1.29 is 80.2 Å². The molecule has 0 aromatic carbocycles. The molecular formula is C81H154O17P2. The van der Waals surface area contributed by atoms with Gasteiger partial charge in [0.05, 0.1) is 26.4 Å². The van der Waals surface area contributed by atoms with E-state index in [-0.39, 0.29) is 25.7 Å². The van der Waals surface area contributed by atoms with Crippen LogP contribution in [-0.2, 0) is 65.4 Å². The van der Waals surface area contributed by atoms with Crippen molar-refractivity contribution in [2.75, 3.05) is 39.6 Å². The van der Waals surface area contributed by atoms with Crippen molar-refractivity contribution in [1.82, 2.24) is 0 Å². The van der Waals surface area contributed by atoms with Gasteiger partial charge in [-0.2, -0.15) is 0 Å². The van der Waals surface area contributed by atoms with Gasteiger partial charge >= 0.3 is 39.5 Å². The maximum Gasteiger partial charge on any atom is 0.472 e. The zero-order valence-electron chi connectivity index (χ0n) is 64.7. The Morgan fingerprint density at radius 3 is 0.760 bits per heavy atom. The molecule has 0 saturated heterocycles. The van der Waals surface area contributed by atoms with Crippen molar-refractivity contribution in [1.29, 1.82) is 0 Å². The fourth-order valence-corrected chi connectivity index (χ4v) is 13.7. The summed E-state index contributed by atoms with van der Waals surface area (Å²) < 4.78 is 68.7. The number of phosphoric ester groups is 2. The van der Waals surface area contributed by atoms with E-state index in [2.05, 4.69) is 52.0 Å². The molecule has 0 rings (SSSR count). The largest absolute Gasteiger partial charge is 0.472 e. The molecule has 0 radical (unpaired) electrons. The molecule has 0 amide bonds. The van der Waals surface area contributed by atoms with Gasteiger partial charge < -0.3 is 33.8 Å². The van der Waals surface area contributed by atoms with E-state index in [0.29, 0.717) is 25.7 Å². The normalized spacial score (nSPS) is 13.9. The molecule has 0 fully saturated rings. The summed E-state index contributed by atoms with van der Waals surface area (Å²) in [5.74, 6) is -2.13. The van der Waals surface area contributed by atoms with Gasteiger partial charge in [-0.1, -0.05) is 354 Å². The van der Waals surface area contributed by atoms with Crippen LogP contribution in [0.1, 0.15) is 413 Å². The van der Waals surface area contributed by atoms with Crippen molar-refractivity contribution in [3.05, 3.63) is 24.3 Å². The summed E-state index contributed by atoms with van der Waals surface area (Å²) in [5, 5.41) is 10.6. The number of phosphoric acid groups is 2. The Kier molecular flexibility index (Phi) is 73.0. The molecule has 2 unspecified atom stereocenters. The van der Waals surface area contributed by atoms with Gasteiger partial charge in [-0.15, -0.1) is 0 Å². The zero-order chi connectivity index (χ0) is 73.2. The van der Waals surface area contributed by atoms with Gasteiger partial charge in [-0.3, -0.25) is 37.3 Å². The molecule has 0 bridgehead atoms. The lowest BCUT2D eigenvalue weighted by molar-refractivity contribution is -0.161. The number of allylic oxidation sites excluding steroid dienone is 4. The van der Waals surface area contributed by atoms with Crippen LogP contribution in [-0.4, -0.2) is 96.7 Å². The minimum absolute atomic E-state index is 0.102. The minimum atomic E-state index is -4.97. The quantitative estimate of drug-likeness (QED) is 0.0169. The molecule has 3 N–H and O–H groups in total. The highest BCUT2D eigenvalue weighted by atomic mass is 31.2. The number of carbonyl (C=O) groups excluding carboxylic acids is 4. The summed E-state index contributed by atoms with van der Waals surface area (Å²) in [6.07, 6.45) is 69.9. The molecule has 17 nitrogen and oxygen atoms in total. The first-order chi connectivity index (χ1) is 48.7. The van der Waals surface area contributed by atoms with E-state index in [1.54, 1.807) is 0 Å². The molecule has 0 aromatic rings. The fourth-order valence-electron chi connectivity index (χ4n) is 12.1. The summed E-state index contributed by atoms with van der Waals surface area (Å²) >= 11 is 0. The van der Waals surface area contributed by atoms with E-state index in [9.17, 15) is 43.2 Å². The predicted octanol–water partition coefficient (Wildman–Crippen LogP) is 24.1. The average Bonchev–Trinajstić information content (AvgIpc) is 1.01. The van der Waals surface area contributed by atoms with Gasteiger partial charge in [-0.05, 0) is 57.8 Å². The highest BCUT2D eigenvalue weighted by Crippen LogP contribution is 2.45. The highest BCUT2D eigenvalue weighted by molar-refractivity contribution is 7.47. The van der Waals surface area contributed by atoms with Crippen molar-refractivity contribution in [2.24, 2.45) is 0 Å². The lowest BCUT2D eigenvalue weighted by Crippen LogP contribution is -2.30. The van der Waals surface area contributed by atoms with Gasteiger partial charge in [0, 0.05) is 25.7 Å². The number of unbranched alkanes of at least 4 members (excludes halogenated alkanes) is 50. The first kappa shape index (κ1) is 97.5. The van der Waals surface area contributed by atoms with E-state index in [1.807, 2.05) is 0 Å². The van der Waals surface area contributed by atoms with Crippen LogP contribution < -0.4 is 0 Å². The van der Waals surface area contributed by atoms with Crippen molar-refractivity contribution >= 4 is 39.5 Å².